The molecule has 2 fully saturated rings. The van der Waals surface area contributed by atoms with E-state index in [1.54, 1.807) is 0 Å². The molecule has 1 atom stereocenters. The van der Waals surface area contributed by atoms with Gasteiger partial charge in [0.1, 0.15) is 5.69 Å². The van der Waals surface area contributed by atoms with Gasteiger partial charge < -0.3 is 4.74 Å². The second kappa shape index (κ2) is 2.34. The monoisotopic (exact) mass is 193 g/mol. The van der Waals surface area contributed by atoms with Gasteiger partial charge in [-0.3, -0.25) is 0 Å². The molecule has 2 saturated carbocycles. The van der Waals surface area contributed by atoms with Gasteiger partial charge in [-0.2, -0.15) is 10.3 Å². The smallest absolute Gasteiger partial charge is 0.360 e. The number of aromatic amines is 1. The molecule has 1 N–H and O–H groups in total. The third-order valence-electron chi connectivity index (χ3n) is 3.37. The summed E-state index contributed by atoms with van der Waals surface area (Å²) in [6, 6.07) is 0. The number of aromatic nitrogens is 3. The molecule has 1 aromatic heterocycles. The van der Waals surface area contributed by atoms with E-state index in [4.69, 9.17) is 0 Å². The van der Waals surface area contributed by atoms with Crippen molar-refractivity contribution in [2.24, 2.45) is 5.41 Å². The Balaban J connectivity index is 1.91. The van der Waals surface area contributed by atoms with Crippen LogP contribution in [0.4, 0.5) is 0 Å². The molecule has 1 heterocycles. The lowest BCUT2D eigenvalue weighted by atomic mass is 10.2. The van der Waals surface area contributed by atoms with Crippen molar-refractivity contribution in [2.75, 3.05) is 7.11 Å². The van der Waals surface area contributed by atoms with Crippen LogP contribution in [0.3, 0.4) is 0 Å². The van der Waals surface area contributed by atoms with Crippen LogP contribution >= 0.6 is 0 Å². The van der Waals surface area contributed by atoms with E-state index in [1.807, 2.05) is 0 Å². The fourth-order valence-corrected chi connectivity index (χ4v) is 2.18. The van der Waals surface area contributed by atoms with E-state index >= 15 is 0 Å². The molecule has 0 saturated heterocycles. The van der Waals surface area contributed by atoms with Crippen molar-refractivity contribution in [1.82, 2.24) is 15.4 Å². The van der Waals surface area contributed by atoms with Crippen LogP contribution in [0.15, 0.2) is 0 Å². The number of nitrogens with zero attached hydrogens (tertiary/aromatic N) is 2. The summed E-state index contributed by atoms with van der Waals surface area (Å²) in [4.78, 5) is 11.3. The highest BCUT2D eigenvalue weighted by molar-refractivity contribution is 5.88. The summed E-state index contributed by atoms with van der Waals surface area (Å²) in [7, 11) is 1.36. The summed E-state index contributed by atoms with van der Waals surface area (Å²) in [6.07, 6.45) is 3.69. The molecule has 5 nitrogen and oxygen atoms in total. The summed E-state index contributed by atoms with van der Waals surface area (Å²) in [6.45, 7) is 0. The maximum Gasteiger partial charge on any atom is 0.360 e. The van der Waals surface area contributed by atoms with Crippen LogP contribution in [0, 0.1) is 5.41 Å². The summed E-state index contributed by atoms with van der Waals surface area (Å²) < 4.78 is 4.64. The first-order valence-corrected chi connectivity index (χ1v) is 4.76. The van der Waals surface area contributed by atoms with Crippen LogP contribution in [0.2, 0.25) is 0 Å². The van der Waals surface area contributed by atoms with Crippen molar-refractivity contribution in [3.05, 3.63) is 11.4 Å². The molecule has 1 spiro atoms. The number of methoxy groups -OCH3 is 1. The van der Waals surface area contributed by atoms with Gasteiger partial charge in [0.15, 0.2) is 5.69 Å². The summed E-state index contributed by atoms with van der Waals surface area (Å²) >= 11 is 0. The van der Waals surface area contributed by atoms with Gasteiger partial charge in [0, 0.05) is 5.92 Å². The number of ether oxygens (including phenoxy) is 1. The Hall–Kier alpha value is -1.39. The minimum atomic E-state index is -0.392. The lowest BCUT2D eigenvalue weighted by Crippen LogP contribution is -2.05. The SMILES string of the molecule is COC(=O)c1n[nH]nc1C1CC12CC2. The Morgan fingerprint density at radius 3 is 2.93 bits per heavy atom. The van der Waals surface area contributed by atoms with Crippen LogP contribution in [-0.2, 0) is 4.74 Å². The number of hydrogen-bond donors (Lipinski definition) is 1. The molecule has 5 heteroatoms. The molecule has 2 aliphatic rings. The quantitative estimate of drug-likeness (QED) is 0.707. The molecule has 0 bridgehead atoms. The fraction of sp³-hybridized carbons (Fsp3) is 0.667. The predicted octanol–water partition coefficient (Wildman–Crippen LogP) is 0.859. The van der Waals surface area contributed by atoms with Crippen molar-refractivity contribution in [3.63, 3.8) is 0 Å². The maximum absolute atomic E-state index is 11.3. The zero-order chi connectivity index (χ0) is 9.76. The molecule has 0 aromatic carbocycles. The molecule has 14 heavy (non-hydrogen) atoms. The number of esters is 1. The highest BCUT2D eigenvalue weighted by Gasteiger charge is 2.64. The number of H-pyrrole nitrogens is 1. The third kappa shape index (κ3) is 0.921. The van der Waals surface area contributed by atoms with E-state index in [2.05, 4.69) is 20.1 Å². The first-order valence-electron chi connectivity index (χ1n) is 4.76. The molecule has 0 aliphatic heterocycles. The number of hydrogen-bond acceptors (Lipinski definition) is 4. The lowest BCUT2D eigenvalue weighted by Gasteiger charge is -1.96. The molecular weight excluding hydrogens is 182 g/mol. The highest BCUT2D eigenvalue weighted by Crippen LogP contribution is 2.74. The van der Waals surface area contributed by atoms with E-state index in [-0.39, 0.29) is 0 Å². The average Bonchev–Trinajstić information content (AvgIpc) is 3.08. The zero-order valence-electron chi connectivity index (χ0n) is 7.91. The van der Waals surface area contributed by atoms with Crippen molar-refractivity contribution in [1.29, 1.82) is 0 Å². The van der Waals surface area contributed by atoms with Crippen LogP contribution < -0.4 is 0 Å². The van der Waals surface area contributed by atoms with Gasteiger partial charge in [0.25, 0.3) is 0 Å². The summed E-state index contributed by atoms with van der Waals surface area (Å²) in [5.41, 5.74) is 1.65. The number of carbonyl (C=O) groups excluding carboxylic acids is 1. The summed E-state index contributed by atoms with van der Waals surface area (Å²) in [5, 5.41) is 10.4. The zero-order valence-corrected chi connectivity index (χ0v) is 7.91. The topological polar surface area (TPSA) is 67.9 Å². The normalized spacial score (nSPS) is 26.2. The van der Waals surface area contributed by atoms with Crippen molar-refractivity contribution < 1.29 is 9.53 Å². The molecule has 1 aromatic rings. The van der Waals surface area contributed by atoms with Gasteiger partial charge in [-0.25, -0.2) is 4.79 Å². The Morgan fingerprint density at radius 2 is 2.36 bits per heavy atom. The standard InChI is InChI=1S/C9H11N3O2/c1-14-8(13)7-6(10-12-11-7)5-4-9(5)2-3-9/h5H,2-4H2,1H3,(H,10,11,12). The van der Waals surface area contributed by atoms with Gasteiger partial charge >= 0.3 is 5.97 Å². The van der Waals surface area contributed by atoms with Crippen molar-refractivity contribution in [3.8, 4) is 0 Å². The van der Waals surface area contributed by atoms with Crippen molar-refractivity contribution >= 4 is 5.97 Å². The second-order valence-electron chi connectivity index (χ2n) is 4.17. The van der Waals surface area contributed by atoms with Gasteiger partial charge in [0.05, 0.1) is 7.11 Å². The van der Waals surface area contributed by atoms with Crippen LogP contribution in [-0.4, -0.2) is 28.5 Å². The molecular formula is C9H11N3O2. The van der Waals surface area contributed by atoms with Crippen LogP contribution in [0.1, 0.15) is 41.4 Å². The maximum atomic E-state index is 11.3. The first-order chi connectivity index (χ1) is 6.77. The number of carbonyl (C=O) groups is 1. The fourth-order valence-electron chi connectivity index (χ4n) is 2.18. The van der Waals surface area contributed by atoms with E-state index in [1.165, 1.54) is 20.0 Å². The van der Waals surface area contributed by atoms with Gasteiger partial charge in [0.2, 0.25) is 0 Å². The van der Waals surface area contributed by atoms with Gasteiger partial charge in [-0.15, -0.1) is 5.10 Å². The van der Waals surface area contributed by atoms with E-state index < -0.39 is 5.97 Å². The number of nitrogens with one attached hydrogen (secondary N) is 1. The highest BCUT2D eigenvalue weighted by atomic mass is 16.5. The third-order valence-corrected chi connectivity index (χ3v) is 3.37. The van der Waals surface area contributed by atoms with Gasteiger partial charge in [-0.05, 0) is 24.7 Å². The van der Waals surface area contributed by atoms with Crippen LogP contribution in [0.25, 0.3) is 0 Å². The van der Waals surface area contributed by atoms with E-state index in [0.29, 0.717) is 17.0 Å². The lowest BCUT2D eigenvalue weighted by molar-refractivity contribution is 0.0592. The van der Waals surface area contributed by atoms with E-state index in [0.717, 1.165) is 12.1 Å². The molecule has 2 aliphatic carbocycles. The predicted molar refractivity (Wildman–Crippen MR) is 46.7 cm³/mol. The molecule has 0 radical (unpaired) electrons. The molecule has 1 unspecified atom stereocenters. The largest absolute Gasteiger partial charge is 0.464 e. The Labute approximate surface area is 80.8 Å². The molecule has 0 amide bonds. The average molecular weight is 193 g/mol. The first kappa shape index (κ1) is 7.96. The Morgan fingerprint density at radius 1 is 1.57 bits per heavy atom. The minimum absolute atomic E-state index is 0.362. The summed E-state index contributed by atoms with van der Waals surface area (Å²) in [5.74, 6) is 0.0480. The van der Waals surface area contributed by atoms with E-state index in [9.17, 15) is 4.79 Å². The van der Waals surface area contributed by atoms with Crippen molar-refractivity contribution in [2.45, 2.75) is 25.2 Å². The molecule has 3 rings (SSSR count). The Kier molecular flexibility index (Phi) is 1.33. The molecule has 74 valence electrons. The van der Waals surface area contributed by atoms with Gasteiger partial charge in [-0.1, -0.05) is 0 Å². The minimum Gasteiger partial charge on any atom is -0.464 e. The number of rotatable bonds is 2. The van der Waals surface area contributed by atoms with Crippen LogP contribution in [0.5, 0.6) is 0 Å². The second-order valence-corrected chi connectivity index (χ2v) is 4.17. The Bertz CT molecular complexity index is 395.